The lowest BCUT2D eigenvalue weighted by Crippen LogP contribution is -2.32. The molecule has 0 atom stereocenters. The van der Waals surface area contributed by atoms with Crippen molar-refractivity contribution in [1.82, 2.24) is 0 Å². The van der Waals surface area contributed by atoms with Crippen LogP contribution in [0.2, 0.25) is 0 Å². The summed E-state index contributed by atoms with van der Waals surface area (Å²) in [5.41, 5.74) is 0.332. The molecule has 1 rings (SSSR count). The minimum absolute atomic E-state index is 0.314. The fourth-order valence-electron chi connectivity index (χ4n) is 1.11. The predicted molar refractivity (Wildman–Crippen MR) is 60.7 cm³/mol. The fourth-order valence-corrected chi connectivity index (χ4v) is 1.11. The minimum Gasteiger partial charge on any atom is -0.380 e. The van der Waals surface area contributed by atoms with E-state index in [1.54, 1.807) is 19.2 Å². The second-order valence-electron chi connectivity index (χ2n) is 4.12. The predicted octanol–water partition coefficient (Wildman–Crippen LogP) is 2.53. The van der Waals surface area contributed by atoms with Crippen LogP contribution in [0.5, 0.6) is 0 Å². The summed E-state index contributed by atoms with van der Waals surface area (Å²) in [6, 6.07) is 6.23. The van der Waals surface area contributed by atoms with Crippen molar-refractivity contribution in [2.75, 3.05) is 19.0 Å². The van der Waals surface area contributed by atoms with Gasteiger partial charge in [0.25, 0.3) is 0 Å². The molecule has 0 radical (unpaired) electrons. The van der Waals surface area contributed by atoms with Gasteiger partial charge in [-0.2, -0.15) is 5.26 Å². The molecule has 1 aromatic rings. The molecule has 86 valence electrons. The van der Waals surface area contributed by atoms with Crippen molar-refractivity contribution in [3.63, 3.8) is 0 Å². The Balaban J connectivity index is 2.73. The van der Waals surface area contributed by atoms with Crippen molar-refractivity contribution in [3.8, 4) is 6.07 Å². The molecule has 0 heterocycles. The van der Waals surface area contributed by atoms with Gasteiger partial charge in [0.05, 0.1) is 22.9 Å². The molecule has 0 bridgehead atoms. The highest BCUT2D eigenvalue weighted by atomic mass is 19.1. The van der Waals surface area contributed by atoms with Crippen molar-refractivity contribution in [1.29, 1.82) is 5.26 Å². The molecule has 0 aliphatic rings. The number of nitrogens with one attached hydrogen (secondary N) is 1. The maximum absolute atomic E-state index is 13.5. The molecule has 1 aromatic carbocycles. The van der Waals surface area contributed by atoms with Gasteiger partial charge in [0.1, 0.15) is 5.82 Å². The summed E-state index contributed by atoms with van der Waals surface area (Å²) < 4.78 is 18.7. The van der Waals surface area contributed by atoms with Gasteiger partial charge in [-0.05, 0) is 32.0 Å². The van der Waals surface area contributed by atoms with Gasteiger partial charge < -0.3 is 10.1 Å². The summed E-state index contributed by atoms with van der Waals surface area (Å²) in [5, 5.41) is 11.5. The summed E-state index contributed by atoms with van der Waals surface area (Å²) in [6.45, 7) is 4.30. The third kappa shape index (κ3) is 3.21. The van der Waals surface area contributed by atoms with Crippen LogP contribution in [0.3, 0.4) is 0 Å². The highest BCUT2D eigenvalue weighted by Crippen LogP contribution is 2.17. The monoisotopic (exact) mass is 222 g/mol. The average molecular weight is 222 g/mol. The molecule has 0 fully saturated rings. The van der Waals surface area contributed by atoms with Gasteiger partial charge in [0, 0.05) is 13.7 Å². The molecular weight excluding hydrogens is 207 g/mol. The fraction of sp³-hybridized carbons (Fsp3) is 0.417. The van der Waals surface area contributed by atoms with Gasteiger partial charge in [-0.3, -0.25) is 0 Å². The standard InChI is InChI=1S/C12H15FN2O/c1-12(2,16-3)8-15-11-5-4-9(7-14)6-10(11)13/h4-6,15H,8H2,1-3H3. The second kappa shape index (κ2) is 4.95. The smallest absolute Gasteiger partial charge is 0.147 e. The molecule has 0 amide bonds. The molecule has 0 saturated heterocycles. The molecule has 0 aliphatic heterocycles. The van der Waals surface area contributed by atoms with E-state index in [4.69, 9.17) is 10.00 Å². The first-order valence-electron chi connectivity index (χ1n) is 4.97. The average Bonchev–Trinajstić information content (AvgIpc) is 2.27. The normalized spacial score (nSPS) is 10.9. The largest absolute Gasteiger partial charge is 0.380 e. The van der Waals surface area contributed by atoms with Crippen molar-refractivity contribution in [2.24, 2.45) is 0 Å². The first-order chi connectivity index (χ1) is 7.48. The third-order valence-electron chi connectivity index (χ3n) is 2.36. The van der Waals surface area contributed by atoms with Crippen LogP contribution in [-0.2, 0) is 4.74 Å². The Morgan fingerprint density at radius 1 is 1.50 bits per heavy atom. The molecule has 4 heteroatoms. The maximum atomic E-state index is 13.5. The van der Waals surface area contributed by atoms with Crippen LogP contribution in [0.25, 0.3) is 0 Å². The van der Waals surface area contributed by atoms with Gasteiger partial charge >= 0.3 is 0 Å². The number of nitrogens with zero attached hydrogens (tertiary/aromatic N) is 1. The van der Waals surface area contributed by atoms with Crippen LogP contribution >= 0.6 is 0 Å². The number of ether oxygens (including phenoxy) is 1. The Labute approximate surface area is 94.8 Å². The van der Waals surface area contributed by atoms with E-state index in [1.165, 1.54) is 6.07 Å². The van der Waals surface area contributed by atoms with E-state index in [0.29, 0.717) is 17.8 Å². The summed E-state index contributed by atoms with van der Waals surface area (Å²) in [4.78, 5) is 0. The Bertz CT molecular complexity index is 410. The van der Waals surface area contributed by atoms with Crippen LogP contribution in [0.15, 0.2) is 18.2 Å². The highest BCUT2D eigenvalue weighted by molar-refractivity contribution is 5.48. The zero-order chi connectivity index (χ0) is 12.2. The molecule has 0 aromatic heterocycles. The Morgan fingerprint density at radius 3 is 2.69 bits per heavy atom. The molecule has 0 unspecified atom stereocenters. The topological polar surface area (TPSA) is 45.0 Å². The number of halogens is 1. The zero-order valence-corrected chi connectivity index (χ0v) is 9.67. The number of benzene rings is 1. The van der Waals surface area contributed by atoms with Crippen molar-refractivity contribution in [3.05, 3.63) is 29.6 Å². The Hall–Kier alpha value is -1.60. The lowest BCUT2D eigenvalue weighted by Gasteiger charge is -2.23. The molecule has 0 spiro atoms. The Kier molecular flexibility index (Phi) is 3.86. The quantitative estimate of drug-likeness (QED) is 0.851. The summed E-state index contributed by atoms with van der Waals surface area (Å²) >= 11 is 0. The van der Waals surface area contributed by atoms with Crippen molar-refractivity contribution in [2.45, 2.75) is 19.4 Å². The summed E-state index contributed by atoms with van der Waals surface area (Å²) in [7, 11) is 1.61. The van der Waals surface area contributed by atoms with Gasteiger partial charge in [0.15, 0.2) is 0 Å². The van der Waals surface area contributed by atoms with Crippen LogP contribution in [0.1, 0.15) is 19.4 Å². The number of hydrogen-bond acceptors (Lipinski definition) is 3. The van der Waals surface area contributed by atoms with Crippen LogP contribution in [-0.4, -0.2) is 19.3 Å². The van der Waals surface area contributed by atoms with Gasteiger partial charge in [-0.25, -0.2) is 4.39 Å². The first-order valence-corrected chi connectivity index (χ1v) is 4.97. The molecule has 0 aliphatic carbocycles. The molecule has 1 N–H and O–H groups in total. The molecule has 3 nitrogen and oxygen atoms in total. The lowest BCUT2D eigenvalue weighted by molar-refractivity contribution is 0.0343. The van der Waals surface area contributed by atoms with E-state index in [2.05, 4.69) is 5.32 Å². The zero-order valence-electron chi connectivity index (χ0n) is 9.67. The number of rotatable bonds is 4. The molecular formula is C12H15FN2O. The second-order valence-corrected chi connectivity index (χ2v) is 4.12. The van der Waals surface area contributed by atoms with E-state index in [-0.39, 0.29) is 5.60 Å². The van der Waals surface area contributed by atoms with Crippen LogP contribution in [0.4, 0.5) is 10.1 Å². The minimum atomic E-state index is -0.425. The van der Waals surface area contributed by atoms with E-state index in [0.717, 1.165) is 0 Å². The SMILES string of the molecule is COC(C)(C)CNc1ccc(C#N)cc1F. The van der Waals surface area contributed by atoms with E-state index >= 15 is 0 Å². The number of methoxy groups -OCH3 is 1. The first kappa shape index (κ1) is 12.5. The molecule has 0 saturated carbocycles. The number of hydrogen-bond donors (Lipinski definition) is 1. The van der Waals surface area contributed by atoms with Crippen molar-refractivity contribution >= 4 is 5.69 Å². The molecule has 16 heavy (non-hydrogen) atoms. The number of anilines is 1. The van der Waals surface area contributed by atoms with E-state index in [9.17, 15) is 4.39 Å². The van der Waals surface area contributed by atoms with Crippen molar-refractivity contribution < 1.29 is 9.13 Å². The Morgan fingerprint density at radius 2 is 2.19 bits per heavy atom. The summed E-state index contributed by atoms with van der Waals surface area (Å²) in [5.74, 6) is -0.425. The van der Waals surface area contributed by atoms with Crippen LogP contribution < -0.4 is 5.32 Å². The summed E-state index contributed by atoms with van der Waals surface area (Å²) in [6.07, 6.45) is 0. The highest BCUT2D eigenvalue weighted by Gasteiger charge is 2.16. The van der Waals surface area contributed by atoms with E-state index in [1.807, 2.05) is 19.9 Å². The third-order valence-corrected chi connectivity index (χ3v) is 2.36. The number of nitriles is 1. The van der Waals surface area contributed by atoms with E-state index < -0.39 is 5.82 Å². The van der Waals surface area contributed by atoms with Crippen LogP contribution in [0, 0.1) is 17.1 Å². The van der Waals surface area contributed by atoms with Gasteiger partial charge in [0.2, 0.25) is 0 Å². The van der Waals surface area contributed by atoms with Gasteiger partial charge in [-0.1, -0.05) is 0 Å². The lowest BCUT2D eigenvalue weighted by atomic mass is 10.1. The maximum Gasteiger partial charge on any atom is 0.147 e. The van der Waals surface area contributed by atoms with Gasteiger partial charge in [-0.15, -0.1) is 0 Å².